The average molecular weight is 202 g/mol. The fourth-order valence-corrected chi connectivity index (χ4v) is 1.17. The van der Waals surface area contributed by atoms with Crippen molar-refractivity contribution in [2.75, 3.05) is 14.2 Å². The number of esters is 2. The summed E-state index contributed by atoms with van der Waals surface area (Å²) in [6, 6.07) is 0. The molecule has 0 aliphatic carbocycles. The van der Waals surface area contributed by atoms with Crippen LogP contribution >= 0.6 is 0 Å². The highest BCUT2D eigenvalue weighted by Crippen LogP contribution is 2.15. The average Bonchev–Trinajstić information content (AvgIpc) is 2.15. The van der Waals surface area contributed by atoms with Crippen molar-refractivity contribution in [3.8, 4) is 0 Å². The number of ketones is 1. The van der Waals surface area contributed by atoms with Crippen molar-refractivity contribution >= 4 is 17.7 Å². The lowest BCUT2D eigenvalue weighted by Crippen LogP contribution is -2.34. The van der Waals surface area contributed by atoms with Crippen LogP contribution in [0.2, 0.25) is 0 Å². The molecule has 0 spiro atoms. The van der Waals surface area contributed by atoms with Crippen LogP contribution in [0, 0.1) is 11.8 Å². The summed E-state index contributed by atoms with van der Waals surface area (Å²) in [5.41, 5.74) is 0. The van der Waals surface area contributed by atoms with E-state index in [0.29, 0.717) is 0 Å². The zero-order valence-electron chi connectivity index (χ0n) is 8.70. The van der Waals surface area contributed by atoms with E-state index in [1.807, 2.05) is 0 Å². The van der Waals surface area contributed by atoms with Gasteiger partial charge in [0.1, 0.15) is 11.7 Å². The third-order valence-corrected chi connectivity index (χ3v) is 1.97. The van der Waals surface area contributed by atoms with Gasteiger partial charge in [-0.25, -0.2) is 0 Å². The summed E-state index contributed by atoms with van der Waals surface area (Å²) in [7, 11) is 2.37. The van der Waals surface area contributed by atoms with Gasteiger partial charge in [-0.3, -0.25) is 14.4 Å². The molecule has 0 bridgehead atoms. The van der Waals surface area contributed by atoms with Crippen molar-refractivity contribution < 1.29 is 23.9 Å². The first-order chi connectivity index (χ1) is 6.45. The maximum absolute atomic E-state index is 11.2. The first kappa shape index (κ1) is 12.6. The Labute approximate surface area is 82.4 Å². The first-order valence-corrected chi connectivity index (χ1v) is 4.11. The molecule has 2 unspecified atom stereocenters. The fourth-order valence-electron chi connectivity index (χ4n) is 1.17. The molecule has 0 saturated heterocycles. The van der Waals surface area contributed by atoms with E-state index in [9.17, 15) is 14.4 Å². The van der Waals surface area contributed by atoms with Gasteiger partial charge in [0, 0.05) is 0 Å². The topological polar surface area (TPSA) is 69.7 Å². The number of rotatable bonds is 4. The maximum atomic E-state index is 11.2. The molecule has 14 heavy (non-hydrogen) atoms. The highest BCUT2D eigenvalue weighted by molar-refractivity contribution is 6.01. The van der Waals surface area contributed by atoms with Gasteiger partial charge in [-0.1, -0.05) is 6.92 Å². The summed E-state index contributed by atoms with van der Waals surface area (Å²) in [6.45, 7) is 2.69. The normalized spacial score (nSPS) is 14.0. The monoisotopic (exact) mass is 202 g/mol. The van der Waals surface area contributed by atoms with Crippen molar-refractivity contribution in [2.45, 2.75) is 13.8 Å². The third-order valence-electron chi connectivity index (χ3n) is 1.97. The molecule has 0 heterocycles. The Hall–Kier alpha value is -1.39. The highest BCUT2D eigenvalue weighted by Gasteiger charge is 2.35. The largest absolute Gasteiger partial charge is 0.469 e. The number of hydrogen-bond donors (Lipinski definition) is 0. The second-order valence-corrected chi connectivity index (χ2v) is 2.92. The quantitative estimate of drug-likeness (QED) is 0.480. The van der Waals surface area contributed by atoms with Crippen molar-refractivity contribution in [1.29, 1.82) is 0 Å². The van der Waals surface area contributed by atoms with E-state index in [1.54, 1.807) is 0 Å². The molecule has 0 N–H and O–H groups in total. The minimum atomic E-state index is -1.08. The van der Waals surface area contributed by atoms with Gasteiger partial charge in [0.25, 0.3) is 0 Å². The van der Waals surface area contributed by atoms with Crippen LogP contribution in [0.3, 0.4) is 0 Å². The van der Waals surface area contributed by atoms with Crippen LogP contribution in [-0.2, 0) is 23.9 Å². The molecule has 0 radical (unpaired) electrons. The standard InChI is InChI=1S/C9H14O5/c1-5(8(11)13-3)7(6(2)10)9(12)14-4/h5,7H,1-4H3. The number of hydrogen-bond acceptors (Lipinski definition) is 5. The smallest absolute Gasteiger partial charge is 0.317 e. The van der Waals surface area contributed by atoms with E-state index in [-0.39, 0.29) is 0 Å². The van der Waals surface area contributed by atoms with Gasteiger partial charge in [-0.2, -0.15) is 0 Å². The molecule has 5 nitrogen and oxygen atoms in total. The maximum Gasteiger partial charge on any atom is 0.317 e. The Morgan fingerprint density at radius 1 is 1.00 bits per heavy atom. The van der Waals surface area contributed by atoms with Gasteiger partial charge in [-0.05, 0) is 6.92 Å². The number of ether oxygens (including phenoxy) is 2. The molecule has 2 atom stereocenters. The zero-order valence-corrected chi connectivity index (χ0v) is 8.70. The SMILES string of the molecule is COC(=O)C(C)C(C(C)=O)C(=O)OC. The van der Waals surface area contributed by atoms with Crippen LogP contribution in [-0.4, -0.2) is 31.9 Å². The number of carbonyl (C=O) groups excluding carboxylic acids is 3. The van der Waals surface area contributed by atoms with E-state index in [4.69, 9.17) is 0 Å². The molecule has 0 aromatic carbocycles. The zero-order chi connectivity index (χ0) is 11.3. The fraction of sp³-hybridized carbons (Fsp3) is 0.667. The minimum Gasteiger partial charge on any atom is -0.469 e. The Morgan fingerprint density at radius 3 is 1.71 bits per heavy atom. The summed E-state index contributed by atoms with van der Waals surface area (Å²) < 4.78 is 8.86. The highest BCUT2D eigenvalue weighted by atomic mass is 16.5. The van der Waals surface area contributed by atoms with E-state index < -0.39 is 29.6 Å². The second-order valence-electron chi connectivity index (χ2n) is 2.92. The van der Waals surface area contributed by atoms with Gasteiger partial charge in [0.2, 0.25) is 0 Å². The molecule has 0 aliphatic rings. The van der Waals surface area contributed by atoms with Crippen LogP contribution in [0.1, 0.15) is 13.8 Å². The molecule has 0 aromatic rings. The van der Waals surface area contributed by atoms with Gasteiger partial charge in [-0.15, -0.1) is 0 Å². The molecular weight excluding hydrogens is 188 g/mol. The number of methoxy groups -OCH3 is 2. The number of Topliss-reactive ketones (excluding diaryl/α,β-unsaturated/α-hetero) is 1. The Bertz CT molecular complexity index is 246. The summed E-state index contributed by atoms with van der Waals surface area (Å²) in [5.74, 6) is -3.61. The molecule has 0 saturated carbocycles. The van der Waals surface area contributed by atoms with Crippen LogP contribution in [0.15, 0.2) is 0 Å². The first-order valence-electron chi connectivity index (χ1n) is 4.11. The molecule has 0 fully saturated rings. The predicted molar refractivity (Wildman–Crippen MR) is 47.4 cm³/mol. The molecule has 0 aromatic heterocycles. The Morgan fingerprint density at radius 2 is 1.43 bits per heavy atom. The number of carbonyl (C=O) groups is 3. The minimum absolute atomic E-state index is 0.408. The second kappa shape index (κ2) is 5.36. The van der Waals surface area contributed by atoms with Gasteiger partial charge in [0.15, 0.2) is 0 Å². The van der Waals surface area contributed by atoms with E-state index in [1.165, 1.54) is 28.1 Å². The van der Waals surface area contributed by atoms with Gasteiger partial charge < -0.3 is 9.47 Å². The van der Waals surface area contributed by atoms with Crippen molar-refractivity contribution in [3.05, 3.63) is 0 Å². The van der Waals surface area contributed by atoms with E-state index in [0.717, 1.165) is 0 Å². The Balaban J connectivity index is 4.74. The predicted octanol–water partition coefficient (Wildman–Crippen LogP) is 0.174. The summed E-state index contributed by atoms with van der Waals surface area (Å²) >= 11 is 0. The van der Waals surface area contributed by atoms with Crippen LogP contribution in [0.4, 0.5) is 0 Å². The van der Waals surface area contributed by atoms with Crippen LogP contribution < -0.4 is 0 Å². The van der Waals surface area contributed by atoms with Gasteiger partial charge >= 0.3 is 11.9 Å². The van der Waals surface area contributed by atoms with Crippen molar-refractivity contribution in [3.63, 3.8) is 0 Å². The Kier molecular flexibility index (Phi) is 4.83. The molecule has 0 rings (SSSR count). The van der Waals surface area contributed by atoms with E-state index in [2.05, 4.69) is 9.47 Å². The van der Waals surface area contributed by atoms with Crippen molar-refractivity contribution in [2.24, 2.45) is 11.8 Å². The van der Waals surface area contributed by atoms with Gasteiger partial charge in [0.05, 0.1) is 20.1 Å². The summed E-state index contributed by atoms with van der Waals surface area (Å²) in [4.78, 5) is 33.4. The summed E-state index contributed by atoms with van der Waals surface area (Å²) in [5, 5.41) is 0. The molecule has 80 valence electrons. The lowest BCUT2D eigenvalue weighted by molar-refractivity contribution is -0.159. The molecule has 0 amide bonds. The lowest BCUT2D eigenvalue weighted by atomic mass is 9.91. The summed E-state index contributed by atoms with van der Waals surface area (Å²) in [6.07, 6.45) is 0. The van der Waals surface area contributed by atoms with Crippen LogP contribution in [0.5, 0.6) is 0 Å². The van der Waals surface area contributed by atoms with Crippen LogP contribution in [0.25, 0.3) is 0 Å². The molecule has 5 heteroatoms. The molecular formula is C9H14O5. The van der Waals surface area contributed by atoms with Crippen molar-refractivity contribution in [1.82, 2.24) is 0 Å². The third kappa shape index (κ3) is 2.83. The lowest BCUT2D eigenvalue weighted by Gasteiger charge is -2.16. The molecule has 0 aliphatic heterocycles. The van der Waals surface area contributed by atoms with E-state index >= 15 is 0 Å².